The molecule has 0 aliphatic heterocycles. The Labute approximate surface area is 97.0 Å². The zero-order valence-electron chi connectivity index (χ0n) is 9.45. The van der Waals surface area contributed by atoms with Crippen molar-refractivity contribution >= 4 is 16.9 Å². The number of nitrogens with one attached hydrogen (secondary N) is 1. The highest BCUT2D eigenvalue weighted by Crippen LogP contribution is 2.26. The van der Waals surface area contributed by atoms with Gasteiger partial charge in [0.1, 0.15) is 5.69 Å². The fraction of sp³-hybridized carbons (Fsp3) is 0.250. The summed E-state index contributed by atoms with van der Waals surface area (Å²) < 4.78 is 18.5. The Balaban J connectivity index is 2.45. The van der Waals surface area contributed by atoms with Crippen molar-refractivity contribution in [1.82, 2.24) is 4.98 Å². The normalized spacial score (nSPS) is 11.1. The standard InChI is InChI=1S/C12H12FNO3/c1-6(2)17-12(16)9-5-7-8(14-9)3-4-10(15)11(7)13/h3-6,14-15H,1-2H3. The molecule has 1 heterocycles. The number of phenolic OH excluding ortho intramolecular Hbond substituents is 1. The third-order valence-corrected chi connectivity index (χ3v) is 2.28. The van der Waals surface area contributed by atoms with Gasteiger partial charge in [0, 0.05) is 10.9 Å². The zero-order valence-corrected chi connectivity index (χ0v) is 9.45. The van der Waals surface area contributed by atoms with E-state index in [9.17, 15) is 14.3 Å². The largest absolute Gasteiger partial charge is 0.505 e. The first-order valence-electron chi connectivity index (χ1n) is 5.20. The van der Waals surface area contributed by atoms with E-state index < -0.39 is 17.5 Å². The summed E-state index contributed by atoms with van der Waals surface area (Å²) in [5.74, 6) is -1.74. The molecule has 0 saturated carbocycles. The maximum absolute atomic E-state index is 13.5. The van der Waals surface area contributed by atoms with Gasteiger partial charge in [0.2, 0.25) is 0 Å². The number of fused-ring (bicyclic) bond motifs is 1. The number of hydrogen-bond donors (Lipinski definition) is 2. The zero-order chi connectivity index (χ0) is 12.6. The third kappa shape index (κ3) is 2.08. The molecular formula is C12H12FNO3. The summed E-state index contributed by atoms with van der Waals surface area (Å²) in [6, 6.07) is 4.06. The van der Waals surface area contributed by atoms with Gasteiger partial charge in [-0.3, -0.25) is 0 Å². The molecule has 0 radical (unpaired) electrons. The maximum atomic E-state index is 13.5. The minimum absolute atomic E-state index is 0.165. The lowest BCUT2D eigenvalue weighted by atomic mass is 10.2. The van der Waals surface area contributed by atoms with E-state index >= 15 is 0 Å². The van der Waals surface area contributed by atoms with Crippen LogP contribution in [0.15, 0.2) is 18.2 Å². The molecule has 0 aliphatic rings. The van der Waals surface area contributed by atoms with E-state index in [-0.39, 0.29) is 17.2 Å². The van der Waals surface area contributed by atoms with Gasteiger partial charge in [0.15, 0.2) is 11.6 Å². The fourth-order valence-electron chi connectivity index (χ4n) is 1.54. The van der Waals surface area contributed by atoms with Gasteiger partial charge < -0.3 is 14.8 Å². The van der Waals surface area contributed by atoms with Crippen LogP contribution >= 0.6 is 0 Å². The number of esters is 1. The van der Waals surface area contributed by atoms with Crippen LogP contribution < -0.4 is 0 Å². The molecule has 2 aromatic rings. The molecule has 2 rings (SSSR count). The molecule has 0 fully saturated rings. The smallest absolute Gasteiger partial charge is 0.355 e. The summed E-state index contributed by atoms with van der Waals surface area (Å²) in [6.45, 7) is 3.46. The molecule has 1 aromatic carbocycles. The van der Waals surface area contributed by atoms with E-state index in [0.29, 0.717) is 5.52 Å². The van der Waals surface area contributed by atoms with E-state index in [4.69, 9.17) is 4.74 Å². The number of halogens is 1. The first kappa shape index (κ1) is 11.4. The van der Waals surface area contributed by atoms with Crippen LogP contribution in [-0.2, 0) is 4.74 Å². The average Bonchev–Trinajstić information content (AvgIpc) is 2.67. The van der Waals surface area contributed by atoms with Crippen LogP contribution in [0.2, 0.25) is 0 Å². The number of phenols is 1. The summed E-state index contributed by atoms with van der Waals surface area (Å²) in [4.78, 5) is 14.3. The molecule has 5 heteroatoms. The Morgan fingerprint density at radius 2 is 2.18 bits per heavy atom. The number of carbonyl (C=O) groups is 1. The first-order valence-corrected chi connectivity index (χ1v) is 5.20. The molecule has 1 aromatic heterocycles. The molecule has 0 unspecified atom stereocenters. The lowest BCUT2D eigenvalue weighted by molar-refractivity contribution is 0.0372. The number of aromatic nitrogens is 1. The fourth-order valence-corrected chi connectivity index (χ4v) is 1.54. The molecule has 0 spiro atoms. The highest BCUT2D eigenvalue weighted by atomic mass is 19.1. The molecule has 90 valence electrons. The monoisotopic (exact) mass is 237 g/mol. The summed E-state index contributed by atoms with van der Waals surface area (Å²) in [5, 5.41) is 9.37. The van der Waals surface area contributed by atoms with Crippen LogP contribution in [0.25, 0.3) is 10.9 Å². The van der Waals surface area contributed by atoms with Crippen LogP contribution in [-0.4, -0.2) is 22.2 Å². The summed E-state index contributed by atoms with van der Waals surface area (Å²) >= 11 is 0. The molecule has 2 N–H and O–H groups in total. The quantitative estimate of drug-likeness (QED) is 0.789. The molecule has 0 amide bonds. The average molecular weight is 237 g/mol. The summed E-state index contributed by atoms with van der Waals surface area (Å²) in [6.07, 6.45) is -0.243. The van der Waals surface area contributed by atoms with Gasteiger partial charge in [-0.25, -0.2) is 9.18 Å². The SMILES string of the molecule is CC(C)OC(=O)c1cc2c(F)c(O)ccc2[nH]1. The van der Waals surface area contributed by atoms with Gasteiger partial charge in [-0.1, -0.05) is 0 Å². The summed E-state index contributed by atoms with van der Waals surface area (Å²) in [7, 11) is 0. The number of H-pyrrole nitrogens is 1. The Morgan fingerprint density at radius 3 is 2.82 bits per heavy atom. The first-order chi connectivity index (χ1) is 7.99. The van der Waals surface area contributed by atoms with Crippen molar-refractivity contribution in [3.8, 4) is 5.75 Å². The van der Waals surface area contributed by atoms with Crippen LogP contribution in [0.3, 0.4) is 0 Å². The van der Waals surface area contributed by atoms with Gasteiger partial charge in [0.05, 0.1) is 6.10 Å². The lowest BCUT2D eigenvalue weighted by Gasteiger charge is -2.05. The Morgan fingerprint density at radius 1 is 1.47 bits per heavy atom. The van der Waals surface area contributed by atoms with E-state index in [2.05, 4.69) is 4.98 Å². The van der Waals surface area contributed by atoms with E-state index in [0.717, 1.165) is 0 Å². The van der Waals surface area contributed by atoms with Gasteiger partial charge in [-0.2, -0.15) is 0 Å². The number of ether oxygens (including phenoxy) is 1. The van der Waals surface area contributed by atoms with Gasteiger partial charge in [0.25, 0.3) is 0 Å². The van der Waals surface area contributed by atoms with E-state index in [1.54, 1.807) is 13.8 Å². The topological polar surface area (TPSA) is 62.3 Å². The molecule has 0 bridgehead atoms. The Kier molecular flexibility index (Phi) is 2.75. The predicted octanol–water partition coefficient (Wildman–Crippen LogP) is 2.58. The van der Waals surface area contributed by atoms with Gasteiger partial charge in [-0.05, 0) is 32.0 Å². The number of rotatable bonds is 2. The van der Waals surface area contributed by atoms with Crippen molar-refractivity contribution in [3.05, 3.63) is 29.7 Å². The molecule has 4 nitrogen and oxygen atoms in total. The Hall–Kier alpha value is -2.04. The molecule has 17 heavy (non-hydrogen) atoms. The van der Waals surface area contributed by atoms with Crippen molar-refractivity contribution in [2.24, 2.45) is 0 Å². The number of aromatic amines is 1. The van der Waals surface area contributed by atoms with Crippen molar-refractivity contribution in [2.45, 2.75) is 20.0 Å². The van der Waals surface area contributed by atoms with Gasteiger partial charge in [-0.15, -0.1) is 0 Å². The molecular weight excluding hydrogens is 225 g/mol. The van der Waals surface area contributed by atoms with Crippen LogP contribution in [0.5, 0.6) is 5.75 Å². The van der Waals surface area contributed by atoms with Crippen molar-refractivity contribution in [1.29, 1.82) is 0 Å². The predicted molar refractivity (Wildman–Crippen MR) is 60.5 cm³/mol. The number of aromatic hydroxyl groups is 1. The lowest BCUT2D eigenvalue weighted by Crippen LogP contribution is -2.11. The minimum Gasteiger partial charge on any atom is -0.505 e. The summed E-state index contributed by atoms with van der Waals surface area (Å²) in [5.41, 5.74) is 0.606. The van der Waals surface area contributed by atoms with Crippen LogP contribution in [0, 0.1) is 5.82 Å². The van der Waals surface area contributed by atoms with Crippen molar-refractivity contribution in [2.75, 3.05) is 0 Å². The van der Waals surface area contributed by atoms with Crippen molar-refractivity contribution < 1.29 is 19.0 Å². The molecule has 0 atom stereocenters. The second kappa shape index (κ2) is 4.08. The number of carbonyl (C=O) groups excluding carboxylic acids is 1. The number of benzene rings is 1. The van der Waals surface area contributed by atoms with E-state index in [1.165, 1.54) is 18.2 Å². The third-order valence-electron chi connectivity index (χ3n) is 2.28. The van der Waals surface area contributed by atoms with Crippen LogP contribution in [0.1, 0.15) is 24.3 Å². The minimum atomic E-state index is -0.748. The number of hydrogen-bond acceptors (Lipinski definition) is 3. The Bertz CT molecular complexity index is 574. The highest BCUT2D eigenvalue weighted by Gasteiger charge is 2.15. The van der Waals surface area contributed by atoms with Crippen LogP contribution in [0.4, 0.5) is 4.39 Å². The van der Waals surface area contributed by atoms with Crippen molar-refractivity contribution in [3.63, 3.8) is 0 Å². The second-order valence-electron chi connectivity index (χ2n) is 4.00. The molecule has 0 saturated heterocycles. The maximum Gasteiger partial charge on any atom is 0.355 e. The molecule has 0 aliphatic carbocycles. The van der Waals surface area contributed by atoms with Gasteiger partial charge >= 0.3 is 5.97 Å². The van der Waals surface area contributed by atoms with E-state index in [1.807, 2.05) is 0 Å². The second-order valence-corrected chi connectivity index (χ2v) is 4.00. The highest BCUT2D eigenvalue weighted by molar-refractivity contribution is 5.95.